The minimum atomic E-state index is -0.117. The van der Waals surface area contributed by atoms with Gasteiger partial charge in [-0.2, -0.15) is 5.10 Å². The summed E-state index contributed by atoms with van der Waals surface area (Å²) in [6, 6.07) is 7.50. The van der Waals surface area contributed by atoms with E-state index >= 15 is 0 Å². The average Bonchev–Trinajstić information content (AvgIpc) is 2.53. The predicted molar refractivity (Wildman–Crippen MR) is 85.6 cm³/mol. The molecule has 1 saturated carbocycles. The van der Waals surface area contributed by atoms with Gasteiger partial charge in [0.25, 0.3) is 0 Å². The average molecular weight is 299 g/mol. The molecule has 3 rings (SSSR count). The van der Waals surface area contributed by atoms with Gasteiger partial charge in [-0.25, -0.2) is 0 Å². The molecule has 0 aliphatic heterocycles. The maximum absolute atomic E-state index is 12.3. The Morgan fingerprint density at radius 1 is 1.32 bits per heavy atom. The van der Waals surface area contributed by atoms with Crippen LogP contribution in [-0.2, 0) is 11.3 Å². The number of hydrogen-bond acceptors (Lipinski definition) is 3. The minimum Gasteiger partial charge on any atom is -0.351 e. The Balaban J connectivity index is 1.77. The zero-order valence-electron chi connectivity index (χ0n) is 12.8. The number of carbonyl (C=O) groups excluding carboxylic acids is 1. The third kappa shape index (κ3) is 3.03. The second kappa shape index (κ2) is 6.30. The lowest BCUT2D eigenvalue weighted by atomic mass is 9.86. The molecule has 22 heavy (non-hydrogen) atoms. The summed E-state index contributed by atoms with van der Waals surface area (Å²) in [5, 5.41) is 7.81. The molecule has 1 N–H and O–H groups in total. The standard InChI is InChI=1S/C17H21N3O2/c1-12-6-2-4-8-14(12)19-17(22)11-20-15-9-5-3-7-13(15)16(21)10-18-20/h3,5,7,9-10,12,14H,2,4,6,8,11H2,1H3,(H,19,22). The van der Waals surface area contributed by atoms with Crippen molar-refractivity contribution in [2.75, 3.05) is 0 Å². The summed E-state index contributed by atoms with van der Waals surface area (Å²) in [4.78, 5) is 24.1. The first-order valence-corrected chi connectivity index (χ1v) is 7.89. The fraction of sp³-hybridized carbons (Fsp3) is 0.471. The van der Waals surface area contributed by atoms with E-state index in [-0.39, 0.29) is 23.9 Å². The van der Waals surface area contributed by atoms with Crippen LogP contribution in [0.3, 0.4) is 0 Å². The second-order valence-electron chi connectivity index (χ2n) is 6.12. The molecule has 0 saturated heterocycles. The third-order valence-electron chi connectivity index (χ3n) is 4.51. The van der Waals surface area contributed by atoms with Crippen molar-refractivity contribution in [3.05, 3.63) is 40.7 Å². The normalized spacial score (nSPS) is 21.7. The van der Waals surface area contributed by atoms with E-state index in [2.05, 4.69) is 17.3 Å². The molecule has 1 aromatic heterocycles. The summed E-state index contributed by atoms with van der Waals surface area (Å²) in [6.45, 7) is 2.33. The predicted octanol–water partition coefficient (Wildman–Crippen LogP) is 2.09. The van der Waals surface area contributed by atoms with Crippen LogP contribution in [0.1, 0.15) is 32.6 Å². The Morgan fingerprint density at radius 2 is 2.09 bits per heavy atom. The fourth-order valence-corrected chi connectivity index (χ4v) is 3.21. The Bertz CT molecular complexity index is 738. The van der Waals surface area contributed by atoms with Crippen LogP contribution in [0.15, 0.2) is 35.3 Å². The number of benzene rings is 1. The van der Waals surface area contributed by atoms with Gasteiger partial charge in [0.15, 0.2) is 0 Å². The molecule has 0 bridgehead atoms. The van der Waals surface area contributed by atoms with E-state index in [0.717, 1.165) is 6.42 Å². The van der Waals surface area contributed by atoms with Crippen molar-refractivity contribution in [3.63, 3.8) is 0 Å². The quantitative estimate of drug-likeness (QED) is 0.944. The van der Waals surface area contributed by atoms with Gasteiger partial charge in [-0.3, -0.25) is 14.3 Å². The molecule has 2 unspecified atom stereocenters. The maximum Gasteiger partial charge on any atom is 0.241 e. The molecule has 116 valence electrons. The highest BCUT2D eigenvalue weighted by Gasteiger charge is 2.22. The summed E-state index contributed by atoms with van der Waals surface area (Å²) in [6.07, 6.45) is 5.92. The largest absolute Gasteiger partial charge is 0.351 e. The van der Waals surface area contributed by atoms with Gasteiger partial charge in [-0.15, -0.1) is 0 Å². The van der Waals surface area contributed by atoms with Gasteiger partial charge in [-0.05, 0) is 30.9 Å². The van der Waals surface area contributed by atoms with Crippen molar-refractivity contribution in [2.45, 2.75) is 45.2 Å². The number of fused-ring (bicyclic) bond motifs is 1. The van der Waals surface area contributed by atoms with Crippen LogP contribution in [-0.4, -0.2) is 21.7 Å². The Kier molecular flexibility index (Phi) is 4.22. The Morgan fingerprint density at radius 3 is 2.91 bits per heavy atom. The number of nitrogens with zero attached hydrogens (tertiary/aromatic N) is 2. The van der Waals surface area contributed by atoms with Crippen LogP contribution < -0.4 is 10.7 Å². The maximum atomic E-state index is 12.3. The number of carbonyl (C=O) groups is 1. The highest BCUT2D eigenvalue weighted by atomic mass is 16.2. The summed E-state index contributed by atoms with van der Waals surface area (Å²) < 4.78 is 1.60. The molecule has 2 aromatic rings. The lowest BCUT2D eigenvalue weighted by molar-refractivity contribution is -0.123. The zero-order valence-corrected chi connectivity index (χ0v) is 12.8. The SMILES string of the molecule is CC1CCCCC1NC(=O)Cn1ncc(=O)c2ccccc21. The molecule has 1 aliphatic rings. The van der Waals surface area contributed by atoms with Crippen molar-refractivity contribution in [1.29, 1.82) is 0 Å². The van der Waals surface area contributed by atoms with Gasteiger partial charge in [-0.1, -0.05) is 31.9 Å². The summed E-state index contributed by atoms with van der Waals surface area (Å²) in [5.41, 5.74) is 0.579. The molecule has 1 heterocycles. The highest BCUT2D eigenvalue weighted by molar-refractivity contribution is 5.81. The monoisotopic (exact) mass is 299 g/mol. The van der Waals surface area contributed by atoms with Crippen LogP contribution in [0.25, 0.3) is 10.9 Å². The van der Waals surface area contributed by atoms with Gasteiger partial charge in [0.05, 0.1) is 11.7 Å². The van der Waals surface area contributed by atoms with Crippen LogP contribution in [0.5, 0.6) is 0 Å². The lowest BCUT2D eigenvalue weighted by Gasteiger charge is -2.29. The molecule has 1 aliphatic carbocycles. The van der Waals surface area contributed by atoms with Gasteiger partial charge in [0.2, 0.25) is 11.3 Å². The molecule has 0 radical (unpaired) electrons. The van der Waals surface area contributed by atoms with E-state index in [1.54, 1.807) is 10.7 Å². The summed E-state index contributed by atoms with van der Waals surface area (Å²) in [5.74, 6) is 0.483. The molecule has 1 aromatic carbocycles. The van der Waals surface area contributed by atoms with Crippen molar-refractivity contribution >= 4 is 16.8 Å². The Labute approximate surface area is 129 Å². The molecule has 5 heteroatoms. The molecule has 0 spiro atoms. The molecular formula is C17H21N3O2. The van der Waals surface area contributed by atoms with E-state index in [1.807, 2.05) is 18.2 Å². The fourth-order valence-electron chi connectivity index (χ4n) is 3.21. The second-order valence-corrected chi connectivity index (χ2v) is 6.12. The molecular weight excluding hydrogens is 278 g/mol. The number of hydrogen-bond donors (Lipinski definition) is 1. The topological polar surface area (TPSA) is 64.0 Å². The van der Waals surface area contributed by atoms with Gasteiger partial charge in [0, 0.05) is 11.4 Å². The van der Waals surface area contributed by atoms with E-state index in [0.29, 0.717) is 16.8 Å². The van der Waals surface area contributed by atoms with E-state index in [4.69, 9.17) is 0 Å². The number of rotatable bonds is 3. The lowest BCUT2D eigenvalue weighted by Crippen LogP contribution is -2.42. The van der Waals surface area contributed by atoms with E-state index < -0.39 is 0 Å². The van der Waals surface area contributed by atoms with Crippen LogP contribution in [0.2, 0.25) is 0 Å². The van der Waals surface area contributed by atoms with E-state index in [9.17, 15) is 9.59 Å². The highest BCUT2D eigenvalue weighted by Crippen LogP contribution is 2.23. The van der Waals surface area contributed by atoms with Gasteiger partial charge < -0.3 is 5.32 Å². The van der Waals surface area contributed by atoms with Gasteiger partial charge in [0.1, 0.15) is 6.54 Å². The molecule has 2 atom stereocenters. The molecule has 5 nitrogen and oxygen atoms in total. The first-order chi connectivity index (χ1) is 10.6. The zero-order chi connectivity index (χ0) is 15.5. The summed E-state index contributed by atoms with van der Waals surface area (Å²) in [7, 11) is 0. The van der Waals surface area contributed by atoms with Crippen LogP contribution in [0, 0.1) is 5.92 Å². The first-order valence-electron chi connectivity index (χ1n) is 7.89. The van der Waals surface area contributed by atoms with Gasteiger partial charge >= 0.3 is 0 Å². The third-order valence-corrected chi connectivity index (χ3v) is 4.51. The van der Waals surface area contributed by atoms with Crippen molar-refractivity contribution < 1.29 is 4.79 Å². The van der Waals surface area contributed by atoms with Crippen molar-refractivity contribution in [1.82, 2.24) is 15.1 Å². The number of aromatic nitrogens is 2. The van der Waals surface area contributed by atoms with E-state index in [1.165, 1.54) is 25.5 Å². The molecule has 1 fully saturated rings. The van der Waals surface area contributed by atoms with Crippen LogP contribution in [0.4, 0.5) is 0 Å². The minimum absolute atomic E-state index is 0.0416. The number of nitrogens with one attached hydrogen (secondary N) is 1. The smallest absolute Gasteiger partial charge is 0.241 e. The van der Waals surface area contributed by atoms with Crippen LogP contribution >= 0.6 is 0 Å². The first kappa shape index (κ1) is 14.8. The number of amides is 1. The number of para-hydroxylation sites is 1. The summed E-state index contributed by atoms with van der Waals surface area (Å²) >= 11 is 0. The van der Waals surface area contributed by atoms with Crippen molar-refractivity contribution in [2.24, 2.45) is 5.92 Å². The van der Waals surface area contributed by atoms with Crippen molar-refractivity contribution in [3.8, 4) is 0 Å². The molecule has 1 amide bonds. The Hall–Kier alpha value is -2.17.